The van der Waals surface area contributed by atoms with Gasteiger partial charge >= 0.3 is 0 Å². The third kappa shape index (κ3) is 1.55. The van der Waals surface area contributed by atoms with Gasteiger partial charge in [-0.2, -0.15) is 5.26 Å². The van der Waals surface area contributed by atoms with Gasteiger partial charge in [0, 0.05) is 4.88 Å². The number of thiophene rings is 1. The summed E-state index contributed by atoms with van der Waals surface area (Å²) in [7, 11) is 0. The quantitative estimate of drug-likeness (QED) is 0.688. The molecule has 0 aliphatic heterocycles. The summed E-state index contributed by atoms with van der Waals surface area (Å²) in [5.74, 6) is 0. The van der Waals surface area contributed by atoms with Crippen LogP contribution in [0.2, 0.25) is 0 Å². The molecule has 0 bridgehead atoms. The molecule has 1 aromatic carbocycles. The lowest BCUT2D eigenvalue weighted by molar-refractivity contribution is 1.42. The highest BCUT2D eigenvalue weighted by molar-refractivity contribution is 7.13. The molecule has 0 atom stereocenters. The number of rotatable bonds is 1. The van der Waals surface area contributed by atoms with Crippen molar-refractivity contribution in [3.05, 3.63) is 46.8 Å². The molecule has 0 aliphatic carbocycles. The minimum atomic E-state index is 0.725. The first kappa shape index (κ1) is 8.98. The fourth-order valence-corrected chi connectivity index (χ4v) is 2.26. The van der Waals surface area contributed by atoms with Crippen molar-refractivity contribution in [2.24, 2.45) is 0 Å². The molecule has 1 heterocycles. The molecule has 0 saturated carbocycles. The van der Waals surface area contributed by atoms with E-state index in [-0.39, 0.29) is 0 Å². The fraction of sp³-hybridized carbons (Fsp3) is 0.0833. The monoisotopic (exact) mass is 199 g/mol. The van der Waals surface area contributed by atoms with Crippen LogP contribution in [0.3, 0.4) is 0 Å². The Balaban J connectivity index is 2.52. The van der Waals surface area contributed by atoms with E-state index in [0.29, 0.717) is 0 Å². The van der Waals surface area contributed by atoms with Gasteiger partial charge in [-0.15, -0.1) is 11.3 Å². The van der Waals surface area contributed by atoms with Crippen molar-refractivity contribution >= 4 is 11.3 Å². The maximum absolute atomic E-state index is 8.74. The second-order valence-corrected chi connectivity index (χ2v) is 4.07. The zero-order valence-corrected chi connectivity index (χ0v) is 8.64. The summed E-state index contributed by atoms with van der Waals surface area (Å²) in [6.45, 7) is 2.04. The third-order valence-corrected chi connectivity index (χ3v) is 3.05. The fourth-order valence-electron chi connectivity index (χ4n) is 1.44. The van der Waals surface area contributed by atoms with Crippen molar-refractivity contribution < 1.29 is 0 Å². The molecule has 0 amide bonds. The van der Waals surface area contributed by atoms with E-state index in [1.54, 1.807) is 11.3 Å². The molecule has 0 radical (unpaired) electrons. The van der Waals surface area contributed by atoms with E-state index in [1.807, 2.05) is 31.2 Å². The van der Waals surface area contributed by atoms with Gasteiger partial charge in [0.25, 0.3) is 0 Å². The van der Waals surface area contributed by atoms with Crippen LogP contribution in [0, 0.1) is 18.3 Å². The molecule has 1 nitrogen and oxygen atoms in total. The number of hydrogen-bond acceptors (Lipinski definition) is 2. The Kier molecular flexibility index (Phi) is 2.34. The van der Waals surface area contributed by atoms with Crippen LogP contribution < -0.4 is 0 Å². The molecule has 68 valence electrons. The van der Waals surface area contributed by atoms with Gasteiger partial charge in [0.1, 0.15) is 0 Å². The largest absolute Gasteiger partial charge is 0.192 e. The van der Waals surface area contributed by atoms with Crippen molar-refractivity contribution in [1.29, 1.82) is 5.26 Å². The summed E-state index contributed by atoms with van der Waals surface area (Å²) in [4.78, 5) is 1.26. The number of nitriles is 1. The lowest BCUT2D eigenvalue weighted by Crippen LogP contribution is -1.82. The molecule has 0 N–H and O–H groups in total. The smallest absolute Gasteiger partial charge is 0.0991 e. The second kappa shape index (κ2) is 3.65. The summed E-state index contributed by atoms with van der Waals surface area (Å²) >= 11 is 1.72. The van der Waals surface area contributed by atoms with Gasteiger partial charge in [-0.05, 0) is 41.6 Å². The molecular formula is C12H9NS. The third-order valence-electron chi connectivity index (χ3n) is 2.14. The Labute approximate surface area is 87.3 Å². The van der Waals surface area contributed by atoms with Gasteiger partial charge in [0.05, 0.1) is 11.6 Å². The molecule has 0 unspecified atom stereocenters. The van der Waals surface area contributed by atoms with Gasteiger partial charge in [-0.3, -0.25) is 0 Å². The van der Waals surface area contributed by atoms with Crippen molar-refractivity contribution in [1.82, 2.24) is 0 Å². The Hall–Kier alpha value is -1.59. The first-order valence-electron chi connectivity index (χ1n) is 4.36. The molecule has 0 aliphatic rings. The van der Waals surface area contributed by atoms with Crippen molar-refractivity contribution in [2.75, 3.05) is 0 Å². The van der Waals surface area contributed by atoms with Gasteiger partial charge in [0.15, 0.2) is 0 Å². The molecule has 1 aromatic heterocycles. The van der Waals surface area contributed by atoms with Crippen molar-refractivity contribution in [3.63, 3.8) is 0 Å². The maximum Gasteiger partial charge on any atom is 0.0991 e. The average molecular weight is 199 g/mol. The van der Waals surface area contributed by atoms with E-state index in [1.165, 1.54) is 10.4 Å². The predicted molar refractivity (Wildman–Crippen MR) is 59.2 cm³/mol. The standard InChI is InChI=1S/C12H9NS/c1-9-7-10(8-13)4-5-11(9)12-3-2-6-14-12/h2-7H,1H3. The average Bonchev–Trinajstić information content (AvgIpc) is 2.70. The summed E-state index contributed by atoms with van der Waals surface area (Å²) in [5, 5.41) is 10.8. The van der Waals surface area contributed by atoms with Crippen molar-refractivity contribution in [3.8, 4) is 16.5 Å². The van der Waals surface area contributed by atoms with Crippen LogP contribution in [-0.2, 0) is 0 Å². The summed E-state index contributed by atoms with van der Waals surface area (Å²) in [5.41, 5.74) is 3.10. The van der Waals surface area contributed by atoms with Crippen LogP contribution in [0.5, 0.6) is 0 Å². The zero-order chi connectivity index (χ0) is 9.97. The van der Waals surface area contributed by atoms with Gasteiger partial charge in [-0.25, -0.2) is 0 Å². The highest BCUT2D eigenvalue weighted by atomic mass is 32.1. The van der Waals surface area contributed by atoms with Gasteiger partial charge in [-0.1, -0.05) is 12.1 Å². The van der Waals surface area contributed by atoms with E-state index in [9.17, 15) is 0 Å². The molecular weight excluding hydrogens is 190 g/mol. The molecule has 0 fully saturated rings. The molecule has 14 heavy (non-hydrogen) atoms. The molecule has 2 heteroatoms. The van der Waals surface area contributed by atoms with Crippen LogP contribution in [0.1, 0.15) is 11.1 Å². The van der Waals surface area contributed by atoms with Crippen molar-refractivity contribution in [2.45, 2.75) is 6.92 Å². The highest BCUT2D eigenvalue weighted by Crippen LogP contribution is 2.27. The van der Waals surface area contributed by atoms with Gasteiger partial charge < -0.3 is 0 Å². The Morgan fingerprint density at radius 3 is 2.71 bits per heavy atom. The predicted octanol–water partition coefficient (Wildman–Crippen LogP) is 3.60. The molecule has 0 spiro atoms. The first-order chi connectivity index (χ1) is 6.81. The van der Waals surface area contributed by atoms with E-state index in [0.717, 1.165) is 11.1 Å². The van der Waals surface area contributed by atoms with Crippen LogP contribution in [-0.4, -0.2) is 0 Å². The highest BCUT2D eigenvalue weighted by Gasteiger charge is 2.02. The summed E-state index contributed by atoms with van der Waals surface area (Å²) in [6, 6.07) is 12.1. The molecule has 2 rings (SSSR count). The van der Waals surface area contributed by atoms with Crippen LogP contribution >= 0.6 is 11.3 Å². The topological polar surface area (TPSA) is 23.8 Å². The van der Waals surface area contributed by atoms with E-state index < -0.39 is 0 Å². The molecule has 2 aromatic rings. The lowest BCUT2D eigenvalue weighted by Gasteiger charge is -2.02. The van der Waals surface area contributed by atoms with E-state index in [4.69, 9.17) is 5.26 Å². The number of benzene rings is 1. The number of nitrogens with zero attached hydrogens (tertiary/aromatic N) is 1. The minimum Gasteiger partial charge on any atom is -0.192 e. The SMILES string of the molecule is Cc1cc(C#N)ccc1-c1cccs1. The number of aryl methyl sites for hydroxylation is 1. The second-order valence-electron chi connectivity index (χ2n) is 3.12. The van der Waals surface area contributed by atoms with E-state index >= 15 is 0 Å². The normalized spacial score (nSPS) is 9.71. The minimum absolute atomic E-state index is 0.725. The Morgan fingerprint density at radius 1 is 1.29 bits per heavy atom. The van der Waals surface area contributed by atoms with Crippen LogP contribution in [0.15, 0.2) is 35.7 Å². The Morgan fingerprint density at radius 2 is 2.14 bits per heavy atom. The Bertz CT molecular complexity index is 478. The van der Waals surface area contributed by atoms with E-state index in [2.05, 4.69) is 17.5 Å². The summed E-state index contributed by atoms with van der Waals surface area (Å²) in [6.07, 6.45) is 0. The maximum atomic E-state index is 8.74. The zero-order valence-electron chi connectivity index (χ0n) is 7.82. The first-order valence-corrected chi connectivity index (χ1v) is 5.24. The van der Waals surface area contributed by atoms with Crippen LogP contribution in [0.4, 0.5) is 0 Å². The lowest BCUT2D eigenvalue weighted by atomic mass is 10.0. The summed E-state index contributed by atoms with van der Waals surface area (Å²) < 4.78 is 0. The molecule has 0 saturated heterocycles. The van der Waals surface area contributed by atoms with Gasteiger partial charge in [0.2, 0.25) is 0 Å². The van der Waals surface area contributed by atoms with Crippen LogP contribution in [0.25, 0.3) is 10.4 Å². The number of hydrogen-bond donors (Lipinski definition) is 0.